The molecule has 0 bridgehead atoms. The molecule has 2 aromatic carbocycles. The number of piperazine rings is 1. The first-order valence-electron chi connectivity index (χ1n) is 11.0. The smallest absolute Gasteiger partial charge is 0.261 e. The van der Waals surface area contributed by atoms with Crippen LogP contribution in [0.4, 0.5) is 11.4 Å². The van der Waals surface area contributed by atoms with Crippen molar-refractivity contribution in [1.29, 1.82) is 0 Å². The number of hydrogen-bond donors (Lipinski definition) is 2. The van der Waals surface area contributed by atoms with Gasteiger partial charge in [-0.15, -0.1) is 0 Å². The van der Waals surface area contributed by atoms with E-state index in [4.69, 9.17) is 40.2 Å². The molecule has 2 amide bonds. The topological polar surface area (TPSA) is 73.9 Å². The first-order valence-corrected chi connectivity index (χ1v) is 12.1. The summed E-state index contributed by atoms with van der Waals surface area (Å²) < 4.78 is 5.25. The number of anilines is 2. The number of thiocarbonyl (C=S) groups is 1. The number of rotatable bonds is 6. The summed E-state index contributed by atoms with van der Waals surface area (Å²) in [5, 5.41) is 6.80. The standard InChI is InChI=1S/C24H28Cl2N4O3S/c1-15(2)12-22(31)30-10-8-29(9-11-30)20-6-4-17(26)14-19(20)27-24(34)28-23(32)18-13-16(25)5-7-21(18)33-3/h4-7,13-15H,8-12H2,1-3H3,(H2,27,28,32,34). The van der Waals surface area contributed by atoms with Crippen LogP contribution in [0.15, 0.2) is 36.4 Å². The zero-order chi connectivity index (χ0) is 24.8. The van der Waals surface area contributed by atoms with Gasteiger partial charge in [0, 0.05) is 42.6 Å². The molecule has 1 fully saturated rings. The zero-order valence-electron chi connectivity index (χ0n) is 19.4. The largest absolute Gasteiger partial charge is 0.496 e. The Morgan fingerprint density at radius 1 is 1.06 bits per heavy atom. The second kappa shape index (κ2) is 11.7. The minimum absolute atomic E-state index is 0.112. The highest BCUT2D eigenvalue weighted by molar-refractivity contribution is 7.80. The molecule has 1 heterocycles. The highest BCUT2D eigenvalue weighted by atomic mass is 35.5. The molecule has 2 aromatic rings. The summed E-state index contributed by atoms with van der Waals surface area (Å²) in [6.07, 6.45) is 0.555. The Balaban J connectivity index is 1.69. The van der Waals surface area contributed by atoms with Crippen molar-refractivity contribution in [2.24, 2.45) is 5.92 Å². The van der Waals surface area contributed by atoms with Gasteiger partial charge in [-0.25, -0.2) is 0 Å². The van der Waals surface area contributed by atoms with Crippen molar-refractivity contribution in [2.75, 3.05) is 43.5 Å². The lowest BCUT2D eigenvalue weighted by molar-refractivity contribution is -0.132. The Hall–Kier alpha value is -2.55. The molecule has 0 aliphatic carbocycles. The molecule has 0 saturated carbocycles. The number of amides is 2. The number of hydrogen-bond acceptors (Lipinski definition) is 5. The second-order valence-electron chi connectivity index (χ2n) is 8.38. The van der Waals surface area contributed by atoms with Crippen molar-refractivity contribution in [1.82, 2.24) is 10.2 Å². The SMILES string of the molecule is COc1ccc(Cl)cc1C(=O)NC(=S)Nc1cc(Cl)ccc1N1CCN(C(=O)CC(C)C)CC1. The maximum atomic E-state index is 12.8. The number of ether oxygens (including phenoxy) is 1. The predicted molar refractivity (Wildman–Crippen MR) is 141 cm³/mol. The van der Waals surface area contributed by atoms with Crippen LogP contribution in [0.1, 0.15) is 30.6 Å². The number of halogens is 2. The highest BCUT2D eigenvalue weighted by Gasteiger charge is 2.23. The average molecular weight is 523 g/mol. The summed E-state index contributed by atoms with van der Waals surface area (Å²) >= 11 is 17.7. The van der Waals surface area contributed by atoms with Crippen LogP contribution in [0, 0.1) is 5.92 Å². The Labute approximate surface area is 215 Å². The first-order chi connectivity index (χ1) is 16.2. The van der Waals surface area contributed by atoms with E-state index in [9.17, 15) is 9.59 Å². The maximum absolute atomic E-state index is 12.8. The van der Waals surface area contributed by atoms with Crippen LogP contribution in [-0.4, -0.2) is 55.1 Å². The van der Waals surface area contributed by atoms with Crippen LogP contribution in [0.5, 0.6) is 5.75 Å². The monoisotopic (exact) mass is 522 g/mol. The van der Waals surface area contributed by atoms with Crippen molar-refractivity contribution in [3.05, 3.63) is 52.0 Å². The van der Waals surface area contributed by atoms with E-state index >= 15 is 0 Å². The number of nitrogens with one attached hydrogen (secondary N) is 2. The van der Waals surface area contributed by atoms with E-state index in [1.54, 1.807) is 24.3 Å². The van der Waals surface area contributed by atoms with Gasteiger partial charge in [-0.05, 0) is 54.5 Å². The fourth-order valence-corrected chi connectivity index (χ4v) is 4.29. The molecule has 2 N–H and O–H groups in total. The molecule has 3 rings (SSSR count). The van der Waals surface area contributed by atoms with Gasteiger partial charge in [0.25, 0.3) is 5.91 Å². The molecule has 1 aliphatic rings. The maximum Gasteiger partial charge on any atom is 0.261 e. The first kappa shape index (κ1) is 26.1. The molecule has 0 unspecified atom stereocenters. The van der Waals surface area contributed by atoms with Crippen molar-refractivity contribution in [3.63, 3.8) is 0 Å². The Bertz CT molecular complexity index is 1070. The zero-order valence-corrected chi connectivity index (χ0v) is 21.7. The summed E-state index contributed by atoms with van der Waals surface area (Å²) in [4.78, 5) is 29.2. The summed E-state index contributed by atoms with van der Waals surface area (Å²) in [6, 6.07) is 10.2. The van der Waals surface area contributed by atoms with Gasteiger partial charge in [0.1, 0.15) is 5.75 Å². The lowest BCUT2D eigenvalue weighted by atomic mass is 10.1. The third-order valence-corrected chi connectivity index (χ3v) is 6.07. The number of nitrogens with zero attached hydrogens (tertiary/aromatic N) is 2. The summed E-state index contributed by atoms with van der Waals surface area (Å²) in [5.41, 5.74) is 1.82. The van der Waals surface area contributed by atoms with Crippen molar-refractivity contribution in [3.8, 4) is 5.75 Å². The van der Waals surface area contributed by atoms with E-state index in [0.29, 0.717) is 60.0 Å². The molecule has 1 saturated heterocycles. The van der Waals surface area contributed by atoms with Crippen LogP contribution in [-0.2, 0) is 4.79 Å². The minimum atomic E-state index is -0.447. The Kier molecular flexibility index (Phi) is 8.99. The Morgan fingerprint density at radius 3 is 2.35 bits per heavy atom. The summed E-state index contributed by atoms with van der Waals surface area (Å²) in [7, 11) is 1.48. The molecule has 1 aliphatic heterocycles. The molecule has 0 spiro atoms. The normalized spacial score (nSPS) is 13.6. The van der Waals surface area contributed by atoms with Crippen LogP contribution in [0.3, 0.4) is 0 Å². The minimum Gasteiger partial charge on any atom is -0.496 e. The van der Waals surface area contributed by atoms with E-state index in [0.717, 1.165) is 5.69 Å². The summed E-state index contributed by atoms with van der Waals surface area (Å²) in [6.45, 7) is 6.73. The van der Waals surface area contributed by atoms with Crippen LogP contribution in [0.2, 0.25) is 10.0 Å². The third kappa shape index (κ3) is 6.74. The lowest BCUT2D eigenvalue weighted by Crippen LogP contribution is -2.49. The molecule has 182 valence electrons. The van der Waals surface area contributed by atoms with E-state index in [1.165, 1.54) is 13.2 Å². The van der Waals surface area contributed by atoms with Gasteiger partial charge < -0.3 is 19.9 Å². The molecule has 10 heteroatoms. The van der Waals surface area contributed by atoms with Gasteiger partial charge in [-0.2, -0.15) is 0 Å². The van der Waals surface area contributed by atoms with Gasteiger partial charge in [0.15, 0.2) is 5.11 Å². The summed E-state index contributed by atoms with van der Waals surface area (Å²) in [5.74, 6) is 0.459. The predicted octanol–water partition coefficient (Wildman–Crippen LogP) is 4.82. The van der Waals surface area contributed by atoms with E-state index in [-0.39, 0.29) is 16.6 Å². The quantitative estimate of drug-likeness (QED) is 0.529. The van der Waals surface area contributed by atoms with Crippen LogP contribution in [0.25, 0.3) is 0 Å². The average Bonchev–Trinajstić information content (AvgIpc) is 2.78. The van der Waals surface area contributed by atoms with E-state index < -0.39 is 5.91 Å². The van der Waals surface area contributed by atoms with Gasteiger partial charge in [0.2, 0.25) is 5.91 Å². The lowest BCUT2D eigenvalue weighted by Gasteiger charge is -2.37. The third-order valence-electron chi connectivity index (χ3n) is 5.40. The molecule has 34 heavy (non-hydrogen) atoms. The number of methoxy groups -OCH3 is 1. The van der Waals surface area contributed by atoms with E-state index in [2.05, 4.69) is 15.5 Å². The highest BCUT2D eigenvalue weighted by Crippen LogP contribution is 2.30. The fourth-order valence-electron chi connectivity index (χ4n) is 3.74. The van der Waals surface area contributed by atoms with Crippen molar-refractivity contribution >= 4 is 63.7 Å². The molecule has 7 nitrogen and oxygen atoms in total. The molecular formula is C24H28Cl2N4O3S. The molecule has 0 aromatic heterocycles. The number of carbonyl (C=O) groups is 2. The molecule has 0 radical (unpaired) electrons. The van der Waals surface area contributed by atoms with Gasteiger partial charge >= 0.3 is 0 Å². The van der Waals surface area contributed by atoms with Gasteiger partial charge in [0.05, 0.1) is 24.0 Å². The van der Waals surface area contributed by atoms with Gasteiger partial charge in [-0.3, -0.25) is 14.9 Å². The number of carbonyl (C=O) groups excluding carboxylic acids is 2. The molecular weight excluding hydrogens is 495 g/mol. The number of benzene rings is 2. The second-order valence-corrected chi connectivity index (χ2v) is 9.66. The Morgan fingerprint density at radius 2 is 1.71 bits per heavy atom. The fraction of sp³-hybridized carbons (Fsp3) is 0.375. The van der Waals surface area contributed by atoms with Crippen molar-refractivity contribution in [2.45, 2.75) is 20.3 Å². The van der Waals surface area contributed by atoms with Crippen LogP contribution < -0.4 is 20.3 Å². The van der Waals surface area contributed by atoms with Crippen LogP contribution >= 0.6 is 35.4 Å². The van der Waals surface area contributed by atoms with Gasteiger partial charge in [-0.1, -0.05) is 37.0 Å². The van der Waals surface area contributed by atoms with Crippen molar-refractivity contribution < 1.29 is 14.3 Å². The molecule has 0 atom stereocenters. The van der Waals surface area contributed by atoms with E-state index in [1.807, 2.05) is 24.8 Å².